The lowest BCUT2D eigenvalue weighted by Crippen LogP contribution is -2.39. The largest absolute Gasteiger partial charge is 0.416 e. The van der Waals surface area contributed by atoms with E-state index in [1.54, 1.807) is 15.9 Å². The Bertz CT molecular complexity index is 1120. The minimum atomic E-state index is -4.50. The number of nitrogens with zero attached hydrogens (tertiary/aromatic N) is 2. The molecule has 2 heterocycles. The number of nitrogens with one attached hydrogen (secondary N) is 1. The highest BCUT2D eigenvalue weighted by molar-refractivity contribution is 5.90. The van der Waals surface area contributed by atoms with Crippen molar-refractivity contribution in [1.82, 2.24) is 4.98 Å². The summed E-state index contributed by atoms with van der Waals surface area (Å²) in [7, 11) is 0. The Morgan fingerprint density at radius 3 is 2.24 bits per heavy atom. The van der Waals surface area contributed by atoms with Crippen LogP contribution >= 0.6 is 0 Å². The maximum atomic E-state index is 13.4. The van der Waals surface area contributed by atoms with Gasteiger partial charge in [0.05, 0.1) is 16.9 Å². The number of halogens is 4. The zero-order chi connectivity index (χ0) is 20.8. The maximum absolute atomic E-state index is 13.4. The number of hydrogen-bond donors (Lipinski definition) is 1. The first-order valence-corrected chi connectivity index (χ1v) is 8.64. The van der Waals surface area contributed by atoms with Crippen LogP contribution in [0, 0.1) is 5.82 Å². The number of pyridine rings is 1. The third-order valence-electron chi connectivity index (χ3n) is 4.75. The van der Waals surface area contributed by atoms with Crippen LogP contribution in [0.25, 0.3) is 5.70 Å². The molecular weight excluding hydrogens is 386 g/mol. The van der Waals surface area contributed by atoms with E-state index >= 15 is 0 Å². The van der Waals surface area contributed by atoms with E-state index in [9.17, 15) is 22.4 Å². The molecule has 0 saturated heterocycles. The lowest BCUT2D eigenvalue weighted by Gasteiger charge is -2.41. The second kappa shape index (κ2) is 6.80. The standard InChI is InChI=1S/C21H15F4N3O/c1-13-18-8-2-14(21(23,24)25)10-19(18)28(16-5-3-15(22)4-6-16)12-27(13)17-7-9-20(29)26-11-17/h2-11H,1,12H2,(H,26,29). The van der Waals surface area contributed by atoms with Gasteiger partial charge in [0.2, 0.25) is 5.56 Å². The van der Waals surface area contributed by atoms with Gasteiger partial charge in [-0.25, -0.2) is 4.39 Å². The molecule has 0 amide bonds. The number of anilines is 3. The molecular formula is C21H15F4N3O. The van der Waals surface area contributed by atoms with Crippen molar-refractivity contribution in [1.29, 1.82) is 0 Å². The normalized spacial score (nSPS) is 14.1. The minimum absolute atomic E-state index is 0.130. The molecule has 1 aliphatic rings. The van der Waals surface area contributed by atoms with Gasteiger partial charge >= 0.3 is 6.18 Å². The van der Waals surface area contributed by atoms with E-state index in [0.717, 1.165) is 12.1 Å². The second-order valence-corrected chi connectivity index (χ2v) is 6.56. The molecule has 0 fully saturated rings. The summed E-state index contributed by atoms with van der Waals surface area (Å²) in [5.41, 5.74) is 1.38. The first kappa shape index (κ1) is 18.8. The lowest BCUT2D eigenvalue weighted by atomic mass is 10.0. The van der Waals surface area contributed by atoms with E-state index < -0.39 is 17.6 Å². The van der Waals surface area contributed by atoms with Gasteiger partial charge in [-0.2, -0.15) is 13.2 Å². The predicted molar refractivity (Wildman–Crippen MR) is 103 cm³/mol. The number of H-pyrrole nitrogens is 1. The number of hydrogen-bond acceptors (Lipinski definition) is 3. The predicted octanol–water partition coefficient (Wildman–Crippen LogP) is 5.12. The first-order chi connectivity index (χ1) is 13.7. The molecule has 1 aliphatic heterocycles. The van der Waals surface area contributed by atoms with E-state index in [0.29, 0.717) is 28.3 Å². The van der Waals surface area contributed by atoms with Crippen LogP contribution in [0.4, 0.5) is 34.6 Å². The van der Waals surface area contributed by atoms with E-state index in [-0.39, 0.29) is 12.2 Å². The Labute approximate surface area is 163 Å². The highest BCUT2D eigenvalue weighted by Crippen LogP contribution is 2.43. The average Bonchev–Trinajstić information content (AvgIpc) is 2.69. The van der Waals surface area contributed by atoms with Gasteiger partial charge in [-0.05, 0) is 42.5 Å². The fourth-order valence-corrected chi connectivity index (χ4v) is 3.27. The number of rotatable bonds is 2. The molecule has 4 rings (SSSR count). The molecule has 0 spiro atoms. The summed E-state index contributed by atoms with van der Waals surface area (Å²) in [5.74, 6) is -0.447. The first-order valence-electron chi connectivity index (χ1n) is 8.64. The summed E-state index contributed by atoms with van der Waals surface area (Å²) >= 11 is 0. The molecule has 0 bridgehead atoms. The number of benzene rings is 2. The van der Waals surface area contributed by atoms with Gasteiger partial charge in [0.25, 0.3) is 0 Å². The minimum Gasteiger partial charge on any atom is -0.327 e. The third kappa shape index (κ3) is 3.49. The van der Waals surface area contributed by atoms with E-state index in [1.165, 1.54) is 42.6 Å². The van der Waals surface area contributed by atoms with Gasteiger partial charge in [-0.15, -0.1) is 0 Å². The lowest BCUT2D eigenvalue weighted by molar-refractivity contribution is -0.137. The average molecular weight is 401 g/mol. The van der Waals surface area contributed by atoms with Gasteiger partial charge in [0.15, 0.2) is 0 Å². The van der Waals surface area contributed by atoms with Crippen LogP contribution in [0.2, 0.25) is 0 Å². The van der Waals surface area contributed by atoms with Crippen molar-refractivity contribution < 1.29 is 17.6 Å². The molecule has 0 unspecified atom stereocenters. The Balaban J connectivity index is 1.87. The van der Waals surface area contributed by atoms with Crippen LogP contribution in [-0.4, -0.2) is 11.7 Å². The fourth-order valence-electron chi connectivity index (χ4n) is 3.27. The number of alkyl halides is 3. The van der Waals surface area contributed by atoms with Crippen molar-refractivity contribution in [3.05, 3.63) is 94.7 Å². The second-order valence-electron chi connectivity index (χ2n) is 6.56. The summed E-state index contributed by atoms with van der Waals surface area (Å²) in [6.07, 6.45) is -2.99. The summed E-state index contributed by atoms with van der Waals surface area (Å²) < 4.78 is 53.2. The number of fused-ring (bicyclic) bond motifs is 1. The third-order valence-corrected chi connectivity index (χ3v) is 4.75. The van der Waals surface area contributed by atoms with Gasteiger partial charge < -0.3 is 14.8 Å². The van der Waals surface area contributed by atoms with Gasteiger partial charge in [0.1, 0.15) is 12.5 Å². The van der Waals surface area contributed by atoms with E-state index in [2.05, 4.69) is 11.6 Å². The monoisotopic (exact) mass is 401 g/mol. The quantitative estimate of drug-likeness (QED) is 0.606. The molecule has 1 aromatic heterocycles. The molecule has 8 heteroatoms. The van der Waals surface area contributed by atoms with Gasteiger partial charge in [-0.3, -0.25) is 4.79 Å². The molecule has 4 nitrogen and oxygen atoms in total. The molecule has 3 aromatic rings. The zero-order valence-corrected chi connectivity index (χ0v) is 15.0. The Morgan fingerprint density at radius 1 is 0.931 bits per heavy atom. The van der Waals surface area contributed by atoms with E-state index in [4.69, 9.17) is 0 Å². The summed E-state index contributed by atoms with van der Waals surface area (Å²) in [5, 5.41) is 0. The van der Waals surface area contributed by atoms with Crippen molar-refractivity contribution in [3.8, 4) is 0 Å². The van der Waals surface area contributed by atoms with E-state index in [1.807, 2.05) is 0 Å². The highest BCUT2D eigenvalue weighted by atomic mass is 19.4. The fraction of sp³-hybridized carbons (Fsp3) is 0.0952. The Morgan fingerprint density at radius 2 is 1.62 bits per heavy atom. The van der Waals surface area contributed by atoms with Crippen LogP contribution in [0.15, 0.2) is 72.2 Å². The van der Waals surface area contributed by atoms with Crippen molar-refractivity contribution >= 4 is 22.8 Å². The molecule has 2 aromatic carbocycles. The molecule has 0 radical (unpaired) electrons. The SMILES string of the molecule is C=C1c2ccc(C(F)(F)F)cc2N(c2ccc(F)cc2)CN1c1ccc(=O)[nH]c1. The van der Waals surface area contributed by atoms with Gasteiger partial charge in [-0.1, -0.05) is 12.6 Å². The molecule has 0 saturated carbocycles. The topological polar surface area (TPSA) is 39.3 Å². The smallest absolute Gasteiger partial charge is 0.327 e. The molecule has 0 aliphatic carbocycles. The van der Waals surface area contributed by atoms with Crippen molar-refractivity contribution in [2.75, 3.05) is 16.5 Å². The molecule has 29 heavy (non-hydrogen) atoms. The molecule has 1 N–H and O–H groups in total. The van der Waals surface area contributed by atoms with Crippen LogP contribution in [0.3, 0.4) is 0 Å². The number of aromatic amines is 1. The Hall–Kier alpha value is -3.55. The summed E-state index contributed by atoms with van der Waals surface area (Å²) in [6, 6.07) is 11.9. The summed E-state index contributed by atoms with van der Waals surface area (Å²) in [4.78, 5) is 17.4. The van der Waals surface area contributed by atoms with Gasteiger partial charge in [0, 0.05) is 29.2 Å². The Kier molecular flexibility index (Phi) is 4.41. The van der Waals surface area contributed by atoms with Crippen LogP contribution in [0.5, 0.6) is 0 Å². The molecule has 0 atom stereocenters. The maximum Gasteiger partial charge on any atom is 0.416 e. The highest BCUT2D eigenvalue weighted by Gasteiger charge is 2.34. The molecule has 148 valence electrons. The number of aromatic nitrogens is 1. The summed E-state index contributed by atoms with van der Waals surface area (Å²) in [6.45, 7) is 4.17. The van der Waals surface area contributed by atoms with Crippen molar-refractivity contribution in [2.45, 2.75) is 6.18 Å². The van der Waals surface area contributed by atoms with Crippen molar-refractivity contribution in [3.63, 3.8) is 0 Å². The van der Waals surface area contributed by atoms with Crippen LogP contribution in [0.1, 0.15) is 11.1 Å². The van der Waals surface area contributed by atoms with Crippen molar-refractivity contribution in [2.24, 2.45) is 0 Å². The zero-order valence-electron chi connectivity index (χ0n) is 15.0. The van der Waals surface area contributed by atoms with Crippen LogP contribution in [-0.2, 0) is 6.18 Å². The van der Waals surface area contributed by atoms with Crippen LogP contribution < -0.4 is 15.4 Å².